The average molecular weight is 321 g/mol. The van der Waals surface area contributed by atoms with Crippen LogP contribution in [0.25, 0.3) is 5.57 Å². The van der Waals surface area contributed by atoms with Gasteiger partial charge in [-0.25, -0.2) is 9.69 Å². The Kier molecular flexibility index (Phi) is 4.24. The molecule has 2 aromatic rings. The van der Waals surface area contributed by atoms with Gasteiger partial charge in [0.2, 0.25) is 0 Å². The molecule has 2 aromatic carbocycles. The zero-order chi connectivity index (χ0) is 17.1. The molecule has 3 rings (SSSR count). The maximum atomic E-state index is 12.7. The number of nitrogens with zero attached hydrogens (tertiary/aromatic N) is 1. The Hall–Kier alpha value is -3.21. The summed E-state index contributed by atoms with van der Waals surface area (Å²) in [7, 11) is 0. The van der Waals surface area contributed by atoms with Crippen molar-refractivity contribution in [1.29, 1.82) is 0 Å². The second kappa shape index (κ2) is 6.50. The summed E-state index contributed by atoms with van der Waals surface area (Å²) < 4.78 is 4.88. The summed E-state index contributed by atoms with van der Waals surface area (Å²) in [6.45, 7) is 1.90. The molecule has 0 aromatic heterocycles. The normalized spacial score (nSPS) is 14.6. The zero-order valence-corrected chi connectivity index (χ0v) is 13.1. The van der Waals surface area contributed by atoms with E-state index in [4.69, 9.17) is 4.74 Å². The molecule has 0 spiro atoms. The molecule has 0 atom stereocenters. The SMILES string of the molecule is CCOC(=O)/C=C1/C(=O)N(C(=O)c2ccccc2)c2ccccc21. The van der Waals surface area contributed by atoms with Crippen molar-refractivity contribution in [3.8, 4) is 0 Å². The van der Waals surface area contributed by atoms with E-state index in [1.165, 1.54) is 0 Å². The van der Waals surface area contributed by atoms with E-state index in [1.807, 2.05) is 0 Å². The number of carbonyl (C=O) groups is 3. The maximum absolute atomic E-state index is 12.7. The van der Waals surface area contributed by atoms with Crippen molar-refractivity contribution >= 4 is 29.0 Å². The fourth-order valence-electron chi connectivity index (χ4n) is 2.59. The number of para-hydroxylation sites is 1. The van der Waals surface area contributed by atoms with E-state index >= 15 is 0 Å². The molecule has 120 valence electrons. The summed E-state index contributed by atoms with van der Waals surface area (Å²) in [6, 6.07) is 15.4. The number of ether oxygens (including phenoxy) is 1. The highest BCUT2D eigenvalue weighted by Gasteiger charge is 2.37. The lowest BCUT2D eigenvalue weighted by molar-refractivity contribution is -0.137. The first-order valence-corrected chi connectivity index (χ1v) is 7.55. The molecular weight excluding hydrogens is 306 g/mol. The summed E-state index contributed by atoms with van der Waals surface area (Å²) >= 11 is 0. The Labute approximate surface area is 139 Å². The molecule has 5 heteroatoms. The van der Waals surface area contributed by atoms with Crippen LogP contribution >= 0.6 is 0 Å². The van der Waals surface area contributed by atoms with Crippen molar-refractivity contribution in [2.24, 2.45) is 0 Å². The van der Waals surface area contributed by atoms with Crippen LogP contribution in [0.15, 0.2) is 60.7 Å². The van der Waals surface area contributed by atoms with Gasteiger partial charge in [0.1, 0.15) is 0 Å². The van der Waals surface area contributed by atoms with Gasteiger partial charge < -0.3 is 4.74 Å². The predicted molar refractivity (Wildman–Crippen MR) is 89.3 cm³/mol. The standard InChI is InChI=1S/C19H15NO4/c1-2-24-17(21)12-15-14-10-6-7-11-16(14)20(19(15)23)18(22)13-8-4-3-5-9-13/h3-12H,2H2,1H3/b15-12+. The molecule has 0 bridgehead atoms. The molecule has 1 aliphatic rings. The molecule has 0 saturated heterocycles. The first-order chi connectivity index (χ1) is 11.6. The average Bonchev–Trinajstić information content (AvgIpc) is 2.87. The summed E-state index contributed by atoms with van der Waals surface area (Å²) in [5.41, 5.74) is 1.57. The number of anilines is 1. The highest BCUT2D eigenvalue weighted by Crippen LogP contribution is 2.37. The van der Waals surface area contributed by atoms with E-state index in [0.29, 0.717) is 16.8 Å². The van der Waals surface area contributed by atoms with Crippen molar-refractivity contribution in [1.82, 2.24) is 0 Å². The topological polar surface area (TPSA) is 63.7 Å². The van der Waals surface area contributed by atoms with Gasteiger partial charge in [0.05, 0.1) is 17.9 Å². The number of rotatable bonds is 3. The quantitative estimate of drug-likeness (QED) is 0.495. The predicted octanol–water partition coefficient (Wildman–Crippen LogP) is 2.82. The van der Waals surface area contributed by atoms with E-state index in [0.717, 1.165) is 11.0 Å². The van der Waals surface area contributed by atoms with Crippen molar-refractivity contribution in [3.63, 3.8) is 0 Å². The molecule has 1 heterocycles. The first-order valence-electron chi connectivity index (χ1n) is 7.55. The number of carbonyl (C=O) groups excluding carboxylic acids is 3. The summed E-state index contributed by atoms with van der Waals surface area (Å²) in [6.07, 6.45) is 1.14. The molecule has 1 aliphatic heterocycles. The van der Waals surface area contributed by atoms with E-state index in [9.17, 15) is 14.4 Å². The van der Waals surface area contributed by atoms with Crippen molar-refractivity contribution < 1.29 is 19.1 Å². The van der Waals surface area contributed by atoms with Gasteiger partial charge in [-0.3, -0.25) is 9.59 Å². The lowest BCUT2D eigenvalue weighted by atomic mass is 10.1. The molecule has 5 nitrogen and oxygen atoms in total. The number of imide groups is 1. The van der Waals surface area contributed by atoms with Crippen LogP contribution in [-0.4, -0.2) is 24.4 Å². The van der Waals surface area contributed by atoms with E-state index in [2.05, 4.69) is 0 Å². The lowest BCUT2D eigenvalue weighted by Gasteiger charge is -2.15. The largest absolute Gasteiger partial charge is 0.463 e. The minimum absolute atomic E-state index is 0.160. The van der Waals surface area contributed by atoms with Gasteiger partial charge in [-0.1, -0.05) is 36.4 Å². The lowest BCUT2D eigenvalue weighted by Crippen LogP contribution is -2.33. The van der Waals surface area contributed by atoms with Crippen LogP contribution in [0.3, 0.4) is 0 Å². The number of amides is 2. The minimum Gasteiger partial charge on any atom is -0.463 e. The van der Waals surface area contributed by atoms with Crippen LogP contribution in [0.2, 0.25) is 0 Å². The first kappa shape index (κ1) is 15.7. The van der Waals surface area contributed by atoms with Crippen LogP contribution in [0.1, 0.15) is 22.8 Å². The molecule has 0 fully saturated rings. The molecule has 0 N–H and O–H groups in total. The zero-order valence-electron chi connectivity index (χ0n) is 13.1. The highest BCUT2D eigenvalue weighted by molar-refractivity contribution is 6.42. The third kappa shape index (κ3) is 2.72. The van der Waals surface area contributed by atoms with Crippen LogP contribution in [-0.2, 0) is 14.3 Å². The summed E-state index contributed by atoms with van der Waals surface area (Å²) in [4.78, 5) is 38.3. The molecule has 0 radical (unpaired) electrons. The molecule has 0 unspecified atom stereocenters. The van der Waals surface area contributed by atoms with Gasteiger partial charge in [0.25, 0.3) is 11.8 Å². The minimum atomic E-state index is -0.607. The van der Waals surface area contributed by atoms with Crippen molar-refractivity contribution in [2.75, 3.05) is 11.5 Å². The van der Waals surface area contributed by atoms with Crippen LogP contribution in [0.4, 0.5) is 5.69 Å². The van der Waals surface area contributed by atoms with Crippen LogP contribution in [0.5, 0.6) is 0 Å². The maximum Gasteiger partial charge on any atom is 0.331 e. The van der Waals surface area contributed by atoms with E-state index in [1.54, 1.807) is 61.5 Å². The van der Waals surface area contributed by atoms with Gasteiger partial charge in [-0.2, -0.15) is 0 Å². The van der Waals surface area contributed by atoms with Crippen LogP contribution < -0.4 is 4.90 Å². The van der Waals surface area contributed by atoms with E-state index in [-0.39, 0.29) is 12.2 Å². The monoisotopic (exact) mass is 321 g/mol. The van der Waals surface area contributed by atoms with Gasteiger partial charge >= 0.3 is 5.97 Å². The Bertz CT molecular complexity index is 839. The Morgan fingerprint density at radius 1 is 1.04 bits per heavy atom. The van der Waals surface area contributed by atoms with Crippen molar-refractivity contribution in [2.45, 2.75) is 6.92 Å². The fraction of sp³-hybridized carbons (Fsp3) is 0.105. The van der Waals surface area contributed by atoms with Gasteiger partial charge in [0.15, 0.2) is 0 Å². The molecule has 0 aliphatic carbocycles. The number of hydrogen-bond donors (Lipinski definition) is 0. The van der Waals surface area contributed by atoms with Crippen molar-refractivity contribution in [3.05, 3.63) is 71.8 Å². The second-order valence-corrected chi connectivity index (χ2v) is 5.14. The molecule has 2 amide bonds. The molecule has 24 heavy (non-hydrogen) atoms. The number of hydrogen-bond acceptors (Lipinski definition) is 4. The Morgan fingerprint density at radius 2 is 1.71 bits per heavy atom. The highest BCUT2D eigenvalue weighted by atomic mass is 16.5. The van der Waals surface area contributed by atoms with Gasteiger partial charge in [0, 0.05) is 17.2 Å². The third-order valence-corrected chi connectivity index (χ3v) is 3.64. The summed E-state index contributed by atoms with van der Waals surface area (Å²) in [5.74, 6) is -1.57. The van der Waals surface area contributed by atoms with Gasteiger partial charge in [-0.15, -0.1) is 0 Å². The van der Waals surface area contributed by atoms with Crippen LogP contribution in [0, 0.1) is 0 Å². The Morgan fingerprint density at radius 3 is 2.42 bits per heavy atom. The number of fused-ring (bicyclic) bond motifs is 1. The number of benzene rings is 2. The Balaban J connectivity index is 2.05. The van der Waals surface area contributed by atoms with E-state index < -0.39 is 17.8 Å². The third-order valence-electron chi connectivity index (χ3n) is 3.64. The number of esters is 1. The van der Waals surface area contributed by atoms with Gasteiger partial charge in [-0.05, 0) is 25.1 Å². The smallest absolute Gasteiger partial charge is 0.331 e. The second-order valence-electron chi connectivity index (χ2n) is 5.14. The summed E-state index contributed by atoms with van der Waals surface area (Å²) in [5, 5.41) is 0. The molecule has 0 saturated carbocycles. The fourth-order valence-corrected chi connectivity index (χ4v) is 2.59. The molecular formula is C19H15NO4.